The van der Waals surface area contributed by atoms with Crippen LogP contribution in [0.1, 0.15) is 27.9 Å². The highest BCUT2D eigenvalue weighted by molar-refractivity contribution is 5.89. The number of carbonyl (C=O) groups is 1. The third-order valence-electron chi connectivity index (χ3n) is 3.24. The fourth-order valence-corrected chi connectivity index (χ4v) is 2.07. The second kappa shape index (κ2) is 8.22. The van der Waals surface area contributed by atoms with Crippen molar-refractivity contribution < 1.29 is 14.3 Å². The molecule has 0 unspecified atom stereocenters. The number of esters is 1. The standard InChI is InChI=1S/C18H20O3/c1-20-18(19)17-11-9-16(10-12-17)14-21-13-5-8-15-6-3-2-4-7-15/h2-4,6-7,9-12H,5,8,13-14H2,1H3. The Bertz CT molecular complexity index is 546. The second-order valence-electron chi connectivity index (χ2n) is 4.83. The molecule has 0 aliphatic carbocycles. The largest absolute Gasteiger partial charge is 0.465 e. The van der Waals surface area contributed by atoms with Crippen molar-refractivity contribution in [2.75, 3.05) is 13.7 Å². The third kappa shape index (κ3) is 5.04. The van der Waals surface area contributed by atoms with Gasteiger partial charge in [-0.3, -0.25) is 0 Å². The van der Waals surface area contributed by atoms with E-state index in [9.17, 15) is 4.79 Å². The highest BCUT2D eigenvalue weighted by Gasteiger charge is 2.04. The van der Waals surface area contributed by atoms with Crippen LogP contribution in [0.15, 0.2) is 54.6 Å². The van der Waals surface area contributed by atoms with Gasteiger partial charge in [0, 0.05) is 6.61 Å². The van der Waals surface area contributed by atoms with Crippen LogP contribution < -0.4 is 0 Å². The molecule has 0 aliphatic heterocycles. The number of aryl methyl sites for hydroxylation is 1. The summed E-state index contributed by atoms with van der Waals surface area (Å²) in [6.45, 7) is 1.30. The summed E-state index contributed by atoms with van der Waals surface area (Å²) in [4.78, 5) is 11.3. The maximum atomic E-state index is 11.3. The minimum absolute atomic E-state index is 0.315. The van der Waals surface area contributed by atoms with Crippen molar-refractivity contribution in [2.45, 2.75) is 19.4 Å². The number of benzene rings is 2. The van der Waals surface area contributed by atoms with Gasteiger partial charge in [0.05, 0.1) is 19.3 Å². The van der Waals surface area contributed by atoms with Crippen LogP contribution in [-0.2, 0) is 22.5 Å². The second-order valence-corrected chi connectivity index (χ2v) is 4.83. The number of hydrogen-bond acceptors (Lipinski definition) is 3. The molecule has 0 fully saturated rings. The molecule has 2 aromatic rings. The first-order valence-electron chi connectivity index (χ1n) is 7.08. The van der Waals surface area contributed by atoms with Gasteiger partial charge in [-0.25, -0.2) is 4.79 Å². The van der Waals surface area contributed by atoms with Gasteiger partial charge in [0.1, 0.15) is 0 Å². The lowest BCUT2D eigenvalue weighted by atomic mass is 10.1. The first kappa shape index (κ1) is 15.3. The first-order chi connectivity index (χ1) is 10.3. The number of ether oxygens (including phenoxy) is 2. The summed E-state index contributed by atoms with van der Waals surface area (Å²) in [5.74, 6) is -0.315. The zero-order chi connectivity index (χ0) is 14.9. The number of methoxy groups -OCH3 is 1. The summed E-state index contributed by atoms with van der Waals surface area (Å²) in [7, 11) is 1.38. The maximum absolute atomic E-state index is 11.3. The molecule has 0 amide bonds. The molecule has 0 bridgehead atoms. The van der Waals surface area contributed by atoms with E-state index in [-0.39, 0.29) is 5.97 Å². The molecule has 0 spiro atoms. The van der Waals surface area contributed by atoms with E-state index >= 15 is 0 Å². The zero-order valence-corrected chi connectivity index (χ0v) is 12.2. The van der Waals surface area contributed by atoms with Crippen LogP contribution in [0.25, 0.3) is 0 Å². The molecule has 0 saturated heterocycles. The quantitative estimate of drug-likeness (QED) is 0.575. The Morgan fingerprint density at radius 1 is 0.952 bits per heavy atom. The van der Waals surface area contributed by atoms with Crippen LogP contribution in [0.5, 0.6) is 0 Å². The number of carbonyl (C=O) groups excluding carboxylic acids is 1. The van der Waals surface area contributed by atoms with Crippen LogP contribution in [-0.4, -0.2) is 19.7 Å². The van der Waals surface area contributed by atoms with Crippen LogP contribution in [0.2, 0.25) is 0 Å². The average molecular weight is 284 g/mol. The molecule has 0 radical (unpaired) electrons. The van der Waals surface area contributed by atoms with E-state index in [1.54, 1.807) is 12.1 Å². The summed E-state index contributed by atoms with van der Waals surface area (Å²) >= 11 is 0. The van der Waals surface area contributed by atoms with E-state index in [1.165, 1.54) is 12.7 Å². The van der Waals surface area contributed by atoms with Crippen LogP contribution >= 0.6 is 0 Å². The van der Waals surface area contributed by atoms with E-state index < -0.39 is 0 Å². The van der Waals surface area contributed by atoms with Crippen molar-refractivity contribution in [3.63, 3.8) is 0 Å². The predicted molar refractivity (Wildman–Crippen MR) is 82.2 cm³/mol. The minimum atomic E-state index is -0.315. The molecule has 0 atom stereocenters. The highest BCUT2D eigenvalue weighted by atomic mass is 16.5. The van der Waals surface area contributed by atoms with Gasteiger partial charge in [0.25, 0.3) is 0 Å². The predicted octanol–water partition coefficient (Wildman–Crippen LogP) is 3.62. The average Bonchev–Trinajstić information content (AvgIpc) is 2.55. The Morgan fingerprint density at radius 3 is 2.33 bits per heavy atom. The van der Waals surface area contributed by atoms with Crippen molar-refractivity contribution >= 4 is 5.97 Å². The van der Waals surface area contributed by atoms with E-state index in [0.29, 0.717) is 12.2 Å². The Morgan fingerprint density at radius 2 is 1.67 bits per heavy atom. The van der Waals surface area contributed by atoms with Gasteiger partial charge in [0.15, 0.2) is 0 Å². The summed E-state index contributed by atoms with van der Waals surface area (Å²) in [5.41, 5.74) is 2.95. The van der Waals surface area contributed by atoms with Gasteiger partial charge in [0.2, 0.25) is 0 Å². The lowest BCUT2D eigenvalue weighted by molar-refractivity contribution is 0.0600. The van der Waals surface area contributed by atoms with Crippen molar-refractivity contribution in [3.05, 3.63) is 71.3 Å². The van der Waals surface area contributed by atoms with E-state index in [1.807, 2.05) is 18.2 Å². The molecule has 0 heterocycles. The molecule has 3 heteroatoms. The topological polar surface area (TPSA) is 35.5 Å². The van der Waals surface area contributed by atoms with Crippen LogP contribution in [0.3, 0.4) is 0 Å². The van der Waals surface area contributed by atoms with Gasteiger partial charge >= 0.3 is 5.97 Å². The molecule has 0 aliphatic rings. The maximum Gasteiger partial charge on any atom is 0.337 e. The van der Waals surface area contributed by atoms with E-state index in [0.717, 1.165) is 25.0 Å². The van der Waals surface area contributed by atoms with Gasteiger partial charge in [-0.2, -0.15) is 0 Å². The minimum Gasteiger partial charge on any atom is -0.465 e. The van der Waals surface area contributed by atoms with Crippen molar-refractivity contribution in [3.8, 4) is 0 Å². The molecular formula is C18H20O3. The SMILES string of the molecule is COC(=O)c1ccc(COCCCc2ccccc2)cc1. The Balaban J connectivity index is 1.68. The van der Waals surface area contributed by atoms with Gasteiger partial charge < -0.3 is 9.47 Å². The van der Waals surface area contributed by atoms with Crippen molar-refractivity contribution in [1.29, 1.82) is 0 Å². The molecule has 2 rings (SSSR count). The van der Waals surface area contributed by atoms with Crippen LogP contribution in [0.4, 0.5) is 0 Å². The van der Waals surface area contributed by atoms with Gasteiger partial charge in [-0.15, -0.1) is 0 Å². The van der Waals surface area contributed by atoms with Gasteiger partial charge in [-0.1, -0.05) is 42.5 Å². The molecular weight excluding hydrogens is 264 g/mol. The Kier molecular flexibility index (Phi) is 5.98. The lowest BCUT2D eigenvalue weighted by Crippen LogP contribution is -2.02. The molecule has 110 valence electrons. The first-order valence-corrected chi connectivity index (χ1v) is 7.08. The van der Waals surface area contributed by atoms with E-state index in [4.69, 9.17) is 4.74 Å². The smallest absolute Gasteiger partial charge is 0.337 e. The summed E-state index contributed by atoms with van der Waals surface area (Å²) in [5, 5.41) is 0. The molecule has 3 nitrogen and oxygen atoms in total. The molecule has 2 aromatic carbocycles. The summed E-state index contributed by atoms with van der Waals surface area (Å²) in [6.07, 6.45) is 2.03. The Labute approximate surface area is 125 Å². The zero-order valence-electron chi connectivity index (χ0n) is 12.2. The van der Waals surface area contributed by atoms with E-state index in [2.05, 4.69) is 29.0 Å². The van der Waals surface area contributed by atoms with Crippen molar-refractivity contribution in [2.24, 2.45) is 0 Å². The lowest BCUT2D eigenvalue weighted by Gasteiger charge is -2.05. The highest BCUT2D eigenvalue weighted by Crippen LogP contribution is 2.08. The fraction of sp³-hybridized carbons (Fsp3) is 0.278. The third-order valence-corrected chi connectivity index (χ3v) is 3.24. The van der Waals surface area contributed by atoms with Gasteiger partial charge in [-0.05, 0) is 36.1 Å². The Hall–Kier alpha value is -2.13. The molecule has 0 saturated carbocycles. The monoisotopic (exact) mass is 284 g/mol. The summed E-state index contributed by atoms with van der Waals surface area (Å²) < 4.78 is 10.3. The normalized spacial score (nSPS) is 10.3. The molecule has 0 N–H and O–H groups in total. The molecule has 0 aromatic heterocycles. The van der Waals surface area contributed by atoms with Crippen LogP contribution in [0, 0.1) is 0 Å². The van der Waals surface area contributed by atoms with Crippen molar-refractivity contribution in [1.82, 2.24) is 0 Å². The molecule has 21 heavy (non-hydrogen) atoms. The number of hydrogen-bond donors (Lipinski definition) is 0. The summed E-state index contributed by atoms with van der Waals surface area (Å²) in [6, 6.07) is 17.7. The fourth-order valence-electron chi connectivity index (χ4n) is 2.07. The number of rotatable bonds is 7.